The highest BCUT2D eigenvalue weighted by molar-refractivity contribution is 6.49. The molecule has 21 heavy (non-hydrogen) atoms. The first-order valence-electron chi connectivity index (χ1n) is 5.84. The van der Waals surface area contributed by atoms with Crippen LogP contribution >= 0.6 is 11.6 Å². The summed E-state index contributed by atoms with van der Waals surface area (Å²) in [4.78, 5) is 3.80. The molecule has 7 heteroatoms. The smallest absolute Gasteiger partial charge is 0.403 e. The molecule has 110 valence electrons. The second-order valence-electron chi connectivity index (χ2n) is 4.21. The van der Waals surface area contributed by atoms with Gasteiger partial charge in [-0.3, -0.25) is 4.98 Å². The van der Waals surface area contributed by atoms with Gasteiger partial charge in [0.2, 0.25) is 0 Å². The number of hydrogen-bond donors (Lipinski definition) is 2. The number of hydrogen-bond acceptors (Lipinski definition) is 3. The number of rotatable bonds is 2. The molecule has 0 saturated carbocycles. The zero-order valence-corrected chi connectivity index (χ0v) is 11.4. The van der Waals surface area contributed by atoms with Crippen molar-refractivity contribution in [2.24, 2.45) is 5.73 Å². The molecular weight excluding hydrogens is 303 g/mol. The predicted octanol–water partition coefficient (Wildman–Crippen LogP) is 3.85. The first-order chi connectivity index (χ1) is 9.84. The van der Waals surface area contributed by atoms with Gasteiger partial charge in [0.15, 0.2) is 0 Å². The van der Waals surface area contributed by atoms with Crippen molar-refractivity contribution in [1.29, 1.82) is 0 Å². The maximum atomic E-state index is 13.0. The van der Waals surface area contributed by atoms with Crippen LogP contribution in [0.4, 0.5) is 18.9 Å². The van der Waals surface area contributed by atoms with Gasteiger partial charge in [0, 0.05) is 29.2 Å². The molecule has 3 nitrogen and oxygen atoms in total. The number of pyridine rings is 1. The van der Waals surface area contributed by atoms with E-state index in [1.165, 1.54) is 30.5 Å². The minimum absolute atomic E-state index is 0.184. The van der Waals surface area contributed by atoms with Crippen LogP contribution in [-0.4, -0.2) is 4.98 Å². The van der Waals surface area contributed by atoms with Gasteiger partial charge in [-0.25, -0.2) is 0 Å². The van der Waals surface area contributed by atoms with Crippen LogP contribution in [0.25, 0.3) is 16.3 Å². The fraction of sp³-hybridized carbons (Fsp3) is 0.0714. The Morgan fingerprint density at radius 3 is 2.52 bits per heavy atom. The lowest BCUT2D eigenvalue weighted by atomic mass is 10.0. The summed E-state index contributed by atoms with van der Waals surface area (Å²) < 4.78 is 38.9. The Hall–Kier alpha value is -2.21. The topological polar surface area (TPSA) is 64.9 Å². The van der Waals surface area contributed by atoms with E-state index in [0.717, 1.165) is 12.3 Å². The van der Waals surface area contributed by atoms with Crippen molar-refractivity contribution >= 4 is 22.3 Å². The van der Waals surface area contributed by atoms with E-state index in [0.29, 0.717) is 5.56 Å². The quantitative estimate of drug-likeness (QED) is 0.828. The minimum atomic E-state index is -4.49. The maximum absolute atomic E-state index is 13.0. The third kappa shape index (κ3) is 3.11. The summed E-state index contributed by atoms with van der Waals surface area (Å²) in [7, 11) is 0. The highest BCUT2D eigenvalue weighted by Gasteiger charge is 2.34. The average Bonchev–Trinajstić information content (AvgIpc) is 2.45. The van der Waals surface area contributed by atoms with Crippen LogP contribution in [-0.2, 0) is 6.18 Å². The van der Waals surface area contributed by atoms with Crippen LogP contribution in [0.1, 0.15) is 11.1 Å². The summed E-state index contributed by atoms with van der Waals surface area (Å²) in [6.45, 7) is 0. The van der Waals surface area contributed by atoms with Crippen molar-refractivity contribution in [3.05, 3.63) is 53.9 Å². The van der Waals surface area contributed by atoms with Gasteiger partial charge < -0.3 is 11.5 Å². The Kier molecular flexibility index (Phi) is 4.09. The van der Waals surface area contributed by atoms with Crippen molar-refractivity contribution in [2.45, 2.75) is 6.18 Å². The Morgan fingerprint density at radius 1 is 1.24 bits per heavy atom. The van der Waals surface area contributed by atoms with Crippen LogP contribution < -0.4 is 11.5 Å². The molecule has 4 N–H and O–H groups in total. The SMILES string of the molecule is N/C=C(/Cl)c1ccc(-c2ncccc2C(F)(F)F)cc1N. The summed E-state index contributed by atoms with van der Waals surface area (Å²) in [6.07, 6.45) is -2.04. The lowest BCUT2D eigenvalue weighted by Gasteiger charge is -2.13. The number of nitrogens with zero attached hydrogens (tertiary/aromatic N) is 1. The standard InChI is InChI=1S/C14H11ClF3N3/c15-11(7-19)9-4-3-8(6-12(9)20)13-10(14(16,17)18)2-1-5-21-13/h1-7H,19-20H2/b11-7+. The summed E-state index contributed by atoms with van der Waals surface area (Å²) in [5, 5.41) is 0.219. The Balaban J connectivity index is 2.57. The van der Waals surface area contributed by atoms with E-state index in [4.69, 9.17) is 23.1 Å². The molecule has 0 unspecified atom stereocenters. The Bertz CT molecular complexity index is 696. The van der Waals surface area contributed by atoms with Gasteiger partial charge >= 0.3 is 6.18 Å². The normalized spacial score (nSPS) is 12.5. The van der Waals surface area contributed by atoms with Gasteiger partial charge in [-0.2, -0.15) is 13.2 Å². The molecule has 1 aromatic carbocycles. The van der Waals surface area contributed by atoms with Gasteiger partial charge in [0.1, 0.15) is 0 Å². The highest BCUT2D eigenvalue weighted by atomic mass is 35.5. The molecule has 0 atom stereocenters. The van der Waals surface area contributed by atoms with Crippen LogP contribution in [0, 0.1) is 0 Å². The molecule has 0 spiro atoms. The molecule has 0 aliphatic carbocycles. The molecule has 0 fully saturated rings. The lowest BCUT2D eigenvalue weighted by molar-refractivity contribution is -0.137. The molecule has 0 radical (unpaired) electrons. The van der Waals surface area contributed by atoms with Crippen LogP contribution in [0.15, 0.2) is 42.7 Å². The average molecular weight is 314 g/mol. The van der Waals surface area contributed by atoms with Gasteiger partial charge in [-0.1, -0.05) is 23.7 Å². The summed E-state index contributed by atoms with van der Waals surface area (Å²) in [5.74, 6) is 0. The van der Waals surface area contributed by atoms with E-state index in [-0.39, 0.29) is 22.0 Å². The third-order valence-corrected chi connectivity index (χ3v) is 3.17. The maximum Gasteiger partial charge on any atom is 0.418 e. The zero-order chi connectivity index (χ0) is 15.6. The summed E-state index contributed by atoms with van der Waals surface area (Å²) in [6, 6.07) is 6.57. The summed E-state index contributed by atoms with van der Waals surface area (Å²) in [5.41, 5.74) is 11.0. The molecule has 1 heterocycles. The van der Waals surface area contributed by atoms with Gasteiger partial charge in [0.05, 0.1) is 16.3 Å². The van der Waals surface area contributed by atoms with Crippen LogP contribution in [0.3, 0.4) is 0 Å². The second kappa shape index (κ2) is 5.65. The molecular formula is C14H11ClF3N3. The van der Waals surface area contributed by atoms with E-state index in [9.17, 15) is 13.2 Å². The Morgan fingerprint density at radius 2 is 1.95 bits per heavy atom. The number of alkyl halides is 3. The van der Waals surface area contributed by atoms with Crippen LogP contribution in [0.5, 0.6) is 0 Å². The van der Waals surface area contributed by atoms with E-state index in [1.807, 2.05) is 0 Å². The molecule has 0 bridgehead atoms. The Labute approximate surface area is 124 Å². The van der Waals surface area contributed by atoms with E-state index < -0.39 is 11.7 Å². The third-order valence-electron chi connectivity index (χ3n) is 2.84. The second-order valence-corrected chi connectivity index (χ2v) is 4.62. The number of nitrogens with two attached hydrogens (primary N) is 2. The predicted molar refractivity (Wildman–Crippen MR) is 77.1 cm³/mol. The molecule has 2 rings (SSSR count). The van der Waals surface area contributed by atoms with Gasteiger partial charge in [-0.15, -0.1) is 0 Å². The van der Waals surface area contributed by atoms with Gasteiger partial charge in [-0.05, 0) is 18.2 Å². The first-order valence-corrected chi connectivity index (χ1v) is 6.22. The highest BCUT2D eigenvalue weighted by Crippen LogP contribution is 2.37. The number of nitrogen functional groups attached to an aromatic ring is 1. The zero-order valence-electron chi connectivity index (χ0n) is 10.7. The number of halogens is 4. The molecule has 0 amide bonds. The number of benzene rings is 1. The number of anilines is 1. The fourth-order valence-electron chi connectivity index (χ4n) is 1.88. The molecule has 0 aliphatic rings. The van der Waals surface area contributed by atoms with Crippen molar-refractivity contribution in [1.82, 2.24) is 4.98 Å². The van der Waals surface area contributed by atoms with E-state index in [2.05, 4.69) is 4.98 Å². The van der Waals surface area contributed by atoms with Crippen molar-refractivity contribution in [3.8, 4) is 11.3 Å². The van der Waals surface area contributed by atoms with E-state index in [1.54, 1.807) is 0 Å². The largest absolute Gasteiger partial charge is 0.418 e. The van der Waals surface area contributed by atoms with Crippen molar-refractivity contribution in [3.63, 3.8) is 0 Å². The molecule has 0 saturated heterocycles. The number of aromatic nitrogens is 1. The monoisotopic (exact) mass is 313 g/mol. The lowest BCUT2D eigenvalue weighted by Crippen LogP contribution is -2.08. The first kappa shape index (κ1) is 15.2. The van der Waals surface area contributed by atoms with Gasteiger partial charge in [0.25, 0.3) is 0 Å². The van der Waals surface area contributed by atoms with Crippen molar-refractivity contribution < 1.29 is 13.2 Å². The molecule has 1 aromatic heterocycles. The molecule has 2 aromatic rings. The minimum Gasteiger partial charge on any atom is -0.403 e. The van der Waals surface area contributed by atoms with Crippen LogP contribution in [0.2, 0.25) is 0 Å². The molecule has 0 aliphatic heterocycles. The fourth-order valence-corrected chi connectivity index (χ4v) is 2.05. The van der Waals surface area contributed by atoms with E-state index >= 15 is 0 Å². The summed E-state index contributed by atoms with van der Waals surface area (Å²) >= 11 is 5.86. The van der Waals surface area contributed by atoms with Crippen molar-refractivity contribution in [2.75, 3.05) is 5.73 Å².